The standard InChI is InChI=1S/C29H39N7O3/c1-35-23-17-31-28(34-25(23)36(21-8-3-4-9-21)18-29(27(35)38)12-6-13-29)33-22-11-10-19(15-24(22)39-2)26(37)32-20-7-5-14-30-16-20/h10-11,15,17,20-21,30H,3-9,12-14,16,18H2,1-2H3,(H,32,37)(H,31,33,34). The van der Waals surface area contributed by atoms with Gasteiger partial charge < -0.3 is 30.5 Å². The summed E-state index contributed by atoms with van der Waals surface area (Å²) in [6.45, 7) is 2.50. The van der Waals surface area contributed by atoms with Gasteiger partial charge in [-0.3, -0.25) is 9.59 Å². The normalized spacial score (nSPS) is 22.7. The van der Waals surface area contributed by atoms with E-state index in [4.69, 9.17) is 9.72 Å². The van der Waals surface area contributed by atoms with Crippen molar-refractivity contribution < 1.29 is 14.3 Å². The number of fused-ring (bicyclic) bond motifs is 1. The third-order valence-corrected chi connectivity index (χ3v) is 9.03. The number of ether oxygens (including phenoxy) is 1. The number of hydrogen-bond acceptors (Lipinski definition) is 8. The van der Waals surface area contributed by atoms with Crippen molar-refractivity contribution in [2.75, 3.05) is 48.9 Å². The molecule has 1 saturated heterocycles. The Morgan fingerprint density at radius 3 is 2.67 bits per heavy atom. The molecule has 4 aliphatic rings. The van der Waals surface area contributed by atoms with Gasteiger partial charge in [0.2, 0.25) is 11.9 Å². The van der Waals surface area contributed by atoms with Crippen LogP contribution < -0.4 is 30.5 Å². The predicted molar refractivity (Wildman–Crippen MR) is 151 cm³/mol. The van der Waals surface area contributed by atoms with Crippen molar-refractivity contribution in [3.05, 3.63) is 30.0 Å². The molecule has 1 spiro atoms. The Hall–Kier alpha value is -3.40. The number of rotatable bonds is 6. The molecule has 0 radical (unpaired) electrons. The molecule has 2 aromatic rings. The van der Waals surface area contributed by atoms with Crippen molar-refractivity contribution in [1.29, 1.82) is 0 Å². The molecule has 2 aliphatic carbocycles. The minimum atomic E-state index is -0.320. The van der Waals surface area contributed by atoms with Gasteiger partial charge in [0.25, 0.3) is 5.91 Å². The summed E-state index contributed by atoms with van der Waals surface area (Å²) < 4.78 is 5.64. The van der Waals surface area contributed by atoms with Crippen LogP contribution in [0, 0.1) is 5.41 Å². The van der Waals surface area contributed by atoms with Crippen molar-refractivity contribution in [1.82, 2.24) is 20.6 Å². The summed E-state index contributed by atoms with van der Waals surface area (Å²) in [5.41, 5.74) is 1.66. The second-order valence-corrected chi connectivity index (χ2v) is 11.5. The number of amides is 2. The van der Waals surface area contributed by atoms with E-state index in [0.717, 1.165) is 69.5 Å². The van der Waals surface area contributed by atoms with Gasteiger partial charge in [0.05, 0.1) is 24.4 Å². The smallest absolute Gasteiger partial charge is 0.251 e. The lowest BCUT2D eigenvalue weighted by Gasteiger charge is -2.44. The number of aromatic nitrogens is 2. The van der Waals surface area contributed by atoms with Crippen molar-refractivity contribution in [2.24, 2.45) is 5.41 Å². The predicted octanol–water partition coefficient (Wildman–Crippen LogP) is 3.61. The van der Waals surface area contributed by atoms with Crippen LogP contribution in [0.4, 0.5) is 23.1 Å². The number of carbonyl (C=O) groups is 2. The monoisotopic (exact) mass is 533 g/mol. The molecule has 2 saturated carbocycles. The molecule has 208 valence electrons. The van der Waals surface area contributed by atoms with Crippen LogP contribution in [0.3, 0.4) is 0 Å². The molecule has 10 heteroatoms. The van der Waals surface area contributed by atoms with E-state index in [1.807, 2.05) is 13.1 Å². The van der Waals surface area contributed by atoms with Gasteiger partial charge >= 0.3 is 0 Å². The van der Waals surface area contributed by atoms with Gasteiger partial charge in [0.15, 0.2) is 5.82 Å². The van der Waals surface area contributed by atoms with E-state index in [9.17, 15) is 9.59 Å². The summed E-state index contributed by atoms with van der Waals surface area (Å²) in [4.78, 5) is 40.1. The molecule has 1 aromatic carbocycles. The second-order valence-electron chi connectivity index (χ2n) is 11.5. The lowest BCUT2D eigenvalue weighted by atomic mass is 9.67. The zero-order valence-electron chi connectivity index (χ0n) is 23.0. The first-order valence-corrected chi connectivity index (χ1v) is 14.4. The maximum atomic E-state index is 13.5. The minimum absolute atomic E-state index is 0.111. The molecular weight excluding hydrogens is 494 g/mol. The second kappa shape index (κ2) is 10.6. The summed E-state index contributed by atoms with van der Waals surface area (Å²) in [6.07, 6.45) is 11.4. The molecule has 3 N–H and O–H groups in total. The zero-order chi connectivity index (χ0) is 27.0. The average Bonchev–Trinajstić information content (AvgIpc) is 3.45. The highest BCUT2D eigenvalue weighted by Crippen LogP contribution is 2.49. The Morgan fingerprint density at radius 2 is 1.97 bits per heavy atom. The van der Waals surface area contributed by atoms with E-state index >= 15 is 0 Å². The maximum absolute atomic E-state index is 13.5. The van der Waals surface area contributed by atoms with Crippen LogP contribution in [0.15, 0.2) is 24.4 Å². The van der Waals surface area contributed by atoms with E-state index in [1.54, 1.807) is 30.3 Å². The largest absolute Gasteiger partial charge is 0.495 e. The zero-order valence-corrected chi connectivity index (χ0v) is 23.0. The molecule has 10 nitrogen and oxygen atoms in total. The molecule has 1 aromatic heterocycles. The van der Waals surface area contributed by atoms with Crippen molar-refractivity contribution >= 4 is 35.0 Å². The number of benzene rings is 1. The number of nitrogens with one attached hydrogen (secondary N) is 3. The SMILES string of the molecule is COc1cc(C(=O)NC2CCCNC2)ccc1Nc1ncc2c(n1)N(C1CCCC1)CC1(CCC1)C(=O)N2C. The van der Waals surface area contributed by atoms with Crippen molar-refractivity contribution in [3.8, 4) is 5.75 Å². The lowest BCUT2D eigenvalue weighted by Crippen LogP contribution is -2.52. The van der Waals surface area contributed by atoms with Crippen LogP contribution in [-0.2, 0) is 4.79 Å². The number of piperidine rings is 1. The molecule has 6 rings (SSSR count). The Morgan fingerprint density at radius 1 is 1.15 bits per heavy atom. The Bertz CT molecular complexity index is 1240. The number of anilines is 4. The fourth-order valence-corrected chi connectivity index (χ4v) is 6.60. The van der Waals surface area contributed by atoms with Gasteiger partial charge in [-0.1, -0.05) is 19.3 Å². The highest BCUT2D eigenvalue weighted by Gasteiger charge is 2.51. The lowest BCUT2D eigenvalue weighted by molar-refractivity contribution is -0.131. The quantitative estimate of drug-likeness (QED) is 0.517. The minimum Gasteiger partial charge on any atom is -0.495 e. The first kappa shape index (κ1) is 25.9. The van der Waals surface area contributed by atoms with E-state index in [1.165, 1.54) is 12.8 Å². The molecule has 39 heavy (non-hydrogen) atoms. The van der Waals surface area contributed by atoms with Crippen molar-refractivity contribution in [3.63, 3.8) is 0 Å². The van der Waals surface area contributed by atoms with E-state index in [0.29, 0.717) is 35.5 Å². The molecule has 3 heterocycles. The maximum Gasteiger partial charge on any atom is 0.251 e. The van der Waals surface area contributed by atoms with Gasteiger partial charge in [-0.2, -0.15) is 4.98 Å². The van der Waals surface area contributed by atoms with Gasteiger partial charge in [0.1, 0.15) is 11.4 Å². The summed E-state index contributed by atoms with van der Waals surface area (Å²) >= 11 is 0. The van der Waals surface area contributed by atoms with Crippen molar-refractivity contribution in [2.45, 2.75) is 69.9 Å². The molecule has 2 amide bonds. The summed E-state index contributed by atoms with van der Waals surface area (Å²) in [7, 11) is 3.44. The summed E-state index contributed by atoms with van der Waals surface area (Å²) in [5.74, 6) is 1.86. The van der Waals surface area contributed by atoms with Crippen LogP contribution >= 0.6 is 0 Å². The average molecular weight is 534 g/mol. The molecule has 2 aliphatic heterocycles. The van der Waals surface area contributed by atoms with Gasteiger partial charge in [0, 0.05) is 37.8 Å². The first-order valence-electron chi connectivity index (χ1n) is 14.4. The highest BCUT2D eigenvalue weighted by atomic mass is 16.5. The van der Waals surface area contributed by atoms with Gasteiger partial charge in [-0.05, 0) is 63.3 Å². The first-order chi connectivity index (χ1) is 19.0. The number of carbonyl (C=O) groups excluding carboxylic acids is 2. The number of hydrogen-bond donors (Lipinski definition) is 3. The molecule has 1 unspecified atom stereocenters. The Labute approximate surface area is 229 Å². The summed E-state index contributed by atoms with van der Waals surface area (Å²) in [6, 6.07) is 5.88. The number of methoxy groups -OCH3 is 1. The third-order valence-electron chi connectivity index (χ3n) is 9.03. The molecular formula is C29H39N7O3. The fraction of sp³-hybridized carbons (Fsp3) is 0.586. The van der Waals surface area contributed by atoms with Gasteiger partial charge in [-0.25, -0.2) is 4.98 Å². The molecule has 1 atom stereocenters. The van der Waals surface area contributed by atoms with Crippen LogP contribution in [0.25, 0.3) is 0 Å². The topological polar surface area (TPSA) is 112 Å². The summed E-state index contributed by atoms with van der Waals surface area (Å²) in [5, 5.41) is 9.74. The van der Waals surface area contributed by atoms with Gasteiger partial charge in [-0.15, -0.1) is 0 Å². The third kappa shape index (κ3) is 4.90. The van der Waals surface area contributed by atoms with E-state index < -0.39 is 0 Å². The van der Waals surface area contributed by atoms with E-state index in [2.05, 4.69) is 25.8 Å². The molecule has 3 fully saturated rings. The molecule has 0 bridgehead atoms. The van der Waals surface area contributed by atoms with Crippen LogP contribution in [0.2, 0.25) is 0 Å². The van der Waals surface area contributed by atoms with E-state index in [-0.39, 0.29) is 23.3 Å². The Kier molecular flexibility index (Phi) is 7.05. The fourth-order valence-electron chi connectivity index (χ4n) is 6.60. The van der Waals surface area contributed by atoms with Crippen LogP contribution in [0.1, 0.15) is 68.1 Å². The van der Waals surface area contributed by atoms with Crippen LogP contribution in [-0.4, -0.2) is 67.7 Å². The number of nitrogens with zero attached hydrogens (tertiary/aromatic N) is 4. The Balaban J connectivity index is 1.27. The van der Waals surface area contributed by atoms with Crippen LogP contribution in [0.5, 0.6) is 5.75 Å². The highest BCUT2D eigenvalue weighted by molar-refractivity contribution is 6.02.